The molecule has 14 heteroatoms. The van der Waals surface area contributed by atoms with Crippen LogP contribution in [0.4, 0.5) is 20.2 Å². The Hall–Kier alpha value is -4.11. The number of nitrogens with one attached hydrogen (secondary N) is 1. The fourth-order valence-corrected chi connectivity index (χ4v) is 6.37. The molecule has 234 valence electrons. The van der Waals surface area contributed by atoms with Crippen LogP contribution in [0.5, 0.6) is 0 Å². The molecule has 2 aromatic heterocycles. The topological polar surface area (TPSA) is 120 Å². The van der Waals surface area contributed by atoms with Gasteiger partial charge >= 0.3 is 0 Å². The van der Waals surface area contributed by atoms with E-state index in [1.54, 1.807) is 17.2 Å². The number of anilines is 2. The third kappa shape index (κ3) is 5.31. The standard InChI is InChI=1S/C31H28Cl3F2N7O2/c1-5-19(44)41-8-10-42(11-9-41)29-16-12-18(32)27(20-23(35)21(33)22(34)24(36)25(20)38)40-30(16)43(31(45)17(29)13-37)28-15(4)6-7-39-26(28)14(2)3/h5-7,12,14,26,39H,1,8-11,38H2,2-4H3/t26-/m1/s1. The summed E-state index contributed by atoms with van der Waals surface area (Å²) in [4.78, 5) is 34.7. The smallest absolute Gasteiger partial charge is 0.276 e. The summed E-state index contributed by atoms with van der Waals surface area (Å²) in [6, 6.07) is 3.14. The molecule has 0 bridgehead atoms. The van der Waals surface area contributed by atoms with Gasteiger partial charge in [0.1, 0.15) is 22.3 Å². The average Bonchev–Trinajstić information content (AvgIpc) is 3.02. The van der Waals surface area contributed by atoms with Crippen LogP contribution in [0.25, 0.3) is 28.0 Å². The molecule has 1 saturated heterocycles. The number of pyridine rings is 2. The minimum absolute atomic E-state index is 0.0217. The van der Waals surface area contributed by atoms with Crippen LogP contribution in [-0.4, -0.2) is 52.6 Å². The van der Waals surface area contributed by atoms with Gasteiger partial charge in [0.2, 0.25) is 5.91 Å². The Morgan fingerprint density at radius 2 is 1.84 bits per heavy atom. The predicted octanol–water partition coefficient (Wildman–Crippen LogP) is 5.96. The van der Waals surface area contributed by atoms with Crippen molar-refractivity contribution in [3.05, 3.63) is 79.2 Å². The van der Waals surface area contributed by atoms with Crippen molar-refractivity contribution in [1.82, 2.24) is 19.8 Å². The summed E-state index contributed by atoms with van der Waals surface area (Å²) in [5, 5.41) is 12.4. The SMILES string of the molecule is C=CC(=O)N1CCN(c2c(C#N)c(=O)n(C3=C(C)C=CN[C@@H]3C(C)C)c3nc(-c4c(N)c(F)c(Cl)c(Cl)c4F)c(Cl)cc23)CC1. The molecule has 0 unspecified atom stereocenters. The molecule has 1 amide bonds. The monoisotopic (exact) mass is 673 g/mol. The molecule has 3 N–H and O–H groups in total. The van der Waals surface area contributed by atoms with E-state index in [0.29, 0.717) is 29.7 Å². The van der Waals surface area contributed by atoms with E-state index in [0.717, 1.165) is 0 Å². The molecule has 4 heterocycles. The first-order valence-corrected chi connectivity index (χ1v) is 15.1. The molecule has 2 aliphatic rings. The molecule has 45 heavy (non-hydrogen) atoms. The van der Waals surface area contributed by atoms with Gasteiger partial charge in [0.25, 0.3) is 5.56 Å². The van der Waals surface area contributed by atoms with E-state index in [9.17, 15) is 19.2 Å². The number of amides is 1. The number of allylic oxidation sites excluding steroid dienone is 2. The summed E-state index contributed by atoms with van der Waals surface area (Å²) in [5.41, 5.74) is 5.20. The normalized spacial score (nSPS) is 16.8. The molecule has 0 radical (unpaired) electrons. The Labute approximate surface area is 272 Å². The first kappa shape index (κ1) is 32.3. The second-order valence-electron chi connectivity index (χ2n) is 11.0. The Bertz CT molecular complexity index is 1910. The molecule has 1 fully saturated rings. The fourth-order valence-electron chi connectivity index (χ4n) is 5.77. The number of fused-ring (bicyclic) bond motifs is 1. The number of piperazine rings is 1. The van der Waals surface area contributed by atoms with Crippen molar-refractivity contribution < 1.29 is 13.6 Å². The number of carbonyl (C=O) groups excluding carboxylic acids is 1. The number of hydrogen-bond donors (Lipinski definition) is 2. The van der Waals surface area contributed by atoms with E-state index in [-0.39, 0.29) is 58.6 Å². The van der Waals surface area contributed by atoms with Gasteiger partial charge in [0.05, 0.1) is 44.4 Å². The number of dihydropyridines is 1. The summed E-state index contributed by atoms with van der Waals surface area (Å²) >= 11 is 18.6. The average molecular weight is 675 g/mol. The maximum Gasteiger partial charge on any atom is 0.276 e. The molecular formula is C31H28Cl3F2N7O2. The summed E-state index contributed by atoms with van der Waals surface area (Å²) in [7, 11) is 0. The van der Waals surface area contributed by atoms with Crippen LogP contribution in [0, 0.1) is 28.9 Å². The van der Waals surface area contributed by atoms with Crippen LogP contribution in [0.3, 0.4) is 0 Å². The maximum absolute atomic E-state index is 15.6. The van der Waals surface area contributed by atoms with Gasteiger partial charge in [0, 0.05) is 31.6 Å². The van der Waals surface area contributed by atoms with Crippen molar-refractivity contribution in [3.8, 4) is 17.3 Å². The Kier molecular flexibility index (Phi) is 8.86. The zero-order chi connectivity index (χ0) is 32.9. The quantitative estimate of drug-likeness (QED) is 0.148. The van der Waals surface area contributed by atoms with E-state index in [1.807, 2.05) is 25.7 Å². The highest BCUT2D eigenvalue weighted by Gasteiger charge is 2.33. The molecule has 5 rings (SSSR count). The minimum atomic E-state index is -1.15. The van der Waals surface area contributed by atoms with Gasteiger partial charge < -0.3 is 20.9 Å². The number of halogens is 5. The van der Waals surface area contributed by atoms with Crippen LogP contribution in [-0.2, 0) is 4.79 Å². The number of hydrogen-bond acceptors (Lipinski definition) is 7. The number of rotatable bonds is 5. The van der Waals surface area contributed by atoms with Crippen LogP contribution < -0.4 is 21.5 Å². The number of nitrogens with two attached hydrogens (primary N) is 1. The van der Waals surface area contributed by atoms with Crippen molar-refractivity contribution in [1.29, 1.82) is 5.26 Å². The number of nitrogens with zero attached hydrogens (tertiary/aromatic N) is 5. The lowest BCUT2D eigenvalue weighted by Crippen LogP contribution is -2.49. The molecule has 1 aromatic carbocycles. The molecule has 1 atom stereocenters. The van der Waals surface area contributed by atoms with E-state index in [4.69, 9.17) is 40.5 Å². The van der Waals surface area contributed by atoms with Gasteiger partial charge in [-0.15, -0.1) is 0 Å². The van der Waals surface area contributed by atoms with Crippen molar-refractivity contribution in [2.75, 3.05) is 36.8 Å². The van der Waals surface area contributed by atoms with Crippen molar-refractivity contribution in [2.24, 2.45) is 5.92 Å². The Balaban J connectivity index is 1.90. The first-order valence-electron chi connectivity index (χ1n) is 13.9. The molecular weight excluding hydrogens is 647 g/mol. The Morgan fingerprint density at radius 1 is 1.20 bits per heavy atom. The number of nitriles is 1. The minimum Gasteiger partial charge on any atom is -0.396 e. The lowest BCUT2D eigenvalue weighted by atomic mass is 9.94. The zero-order valence-corrected chi connectivity index (χ0v) is 26.8. The molecule has 0 aliphatic carbocycles. The molecule has 3 aromatic rings. The fraction of sp³-hybridized carbons (Fsp3) is 0.290. The molecule has 0 saturated carbocycles. The van der Waals surface area contributed by atoms with E-state index < -0.39 is 38.5 Å². The summed E-state index contributed by atoms with van der Waals surface area (Å²) < 4.78 is 31.9. The third-order valence-corrected chi connectivity index (χ3v) is 9.12. The number of benzene rings is 1. The largest absolute Gasteiger partial charge is 0.396 e. The van der Waals surface area contributed by atoms with Crippen molar-refractivity contribution >= 4 is 68.8 Å². The number of carbonyl (C=O) groups is 1. The summed E-state index contributed by atoms with van der Waals surface area (Å²) in [6.07, 6.45) is 4.78. The van der Waals surface area contributed by atoms with E-state index in [1.165, 1.54) is 16.7 Å². The highest BCUT2D eigenvalue weighted by molar-refractivity contribution is 6.43. The molecule has 9 nitrogen and oxygen atoms in total. The van der Waals surface area contributed by atoms with Gasteiger partial charge in [-0.05, 0) is 42.8 Å². The zero-order valence-electron chi connectivity index (χ0n) is 24.5. The number of nitrogen functional groups attached to an aromatic ring is 1. The second kappa shape index (κ2) is 12.4. The van der Waals surface area contributed by atoms with Gasteiger partial charge in [-0.1, -0.05) is 55.2 Å². The van der Waals surface area contributed by atoms with Gasteiger partial charge in [-0.2, -0.15) is 5.26 Å². The van der Waals surface area contributed by atoms with E-state index in [2.05, 4.69) is 22.9 Å². The molecule has 0 spiro atoms. The molecule has 2 aliphatic heterocycles. The van der Waals surface area contributed by atoms with Gasteiger partial charge in [0.15, 0.2) is 11.6 Å². The Morgan fingerprint density at radius 3 is 2.44 bits per heavy atom. The lowest BCUT2D eigenvalue weighted by molar-refractivity contribution is -0.126. The highest BCUT2D eigenvalue weighted by atomic mass is 35.5. The van der Waals surface area contributed by atoms with Crippen LogP contribution in [0.1, 0.15) is 26.3 Å². The third-order valence-electron chi connectivity index (χ3n) is 8.03. The van der Waals surface area contributed by atoms with Gasteiger partial charge in [-0.3, -0.25) is 14.2 Å². The van der Waals surface area contributed by atoms with Crippen LogP contribution in [0.15, 0.2) is 41.4 Å². The first-order chi connectivity index (χ1) is 21.3. The van der Waals surface area contributed by atoms with Crippen molar-refractivity contribution in [2.45, 2.75) is 26.8 Å². The van der Waals surface area contributed by atoms with Crippen molar-refractivity contribution in [3.63, 3.8) is 0 Å². The second-order valence-corrected chi connectivity index (χ2v) is 12.2. The maximum atomic E-state index is 15.6. The summed E-state index contributed by atoms with van der Waals surface area (Å²) in [5.74, 6) is -2.55. The van der Waals surface area contributed by atoms with Gasteiger partial charge in [-0.25, -0.2) is 13.8 Å². The number of aromatic nitrogens is 2. The highest BCUT2D eigenvalue weighted by Crippen LogP contribution is 2.44. The predicted molar refractivity (Wildman–Crippen MR) is 174 cm³/mol. The lowest BCUT2D eigenvalue weighted by Gasteiger charge is -2.37. The van der Waals surface area contributed by atoms with Crippen LogP contribution >= 0.6 is 34.8 Å². The van der Waals surface area contributed by atoms with Crippen LogP contribution in [0.2, 0.25) is 15.1 Å². The summed E-state index contributed by atoms with van der Waals surface area (Å²) in [6.45, 7) is 10.5. The van der Waals surface area contributed by atoms with E-state index >= 15 is 4.39 Å².